The molecule has 3 nitrogen and oxygen atoms in total. The van der Waals surface area contributed by atoms with Crippen LogP contribution in [0.5, 0.6) is 5.75 Å². The molecule has 132 valence electrons. The Morgan fingerprint density at radius 1 is 1.25 bits per heavy atom. The van der Waals surface area contributed by atoms with Crippen molar-refractivity contribution in [3.8, 4) is 5.75 Å². The number of hydrogen-bond acceptors (Lipinski definition) is 2. The molecule has 1 aromatic heterocycles. The molecule has 2 rings (SSSR count). The van der Waals surface area contributed by atoms with Gasteiger partial charge in [0.15, 0.2) is 11.6 Å². The monoisotopic (exact) mass is 400 g/mol. The highest BCUT2D eigenvalue weighted by Gasteiger charge is 2.20. The number of ether oxygens (including phenoxy) is 1. The Balaban J connectivity index is 2.14. The van der Waals surface area contributed by atoms with Crippen LogP contribution in [-0.2, 0) is 19.9 Å². The first kappa shape index (κ1) is 18.9. The molecule has 0 aliphatic carbocycles. The second-order valence-electron chi connectivity index (χ2n) is 7.14. The van der Waals surface area contributed by atoms with Crippen molar-refractivity contribution in [2.75, 3.05) is 6.61 Å². The van der Waals surface area contributed by atoms with Crippen LogP contribution in [0.15, 0.2) is 16.6 Å². The molecule has 0 amide bonds. The van der Waals surface area contributed by atoms with E-state index in [1.54, 1.807) is 0 Å². The van der Waals surface area contributed by atoms with Gasteiger partial charge in [0.25, 0.3) is 0 Å². The predicted molar refractivity (Wildman–Crippen MR) is 94.4 cm³/mol. The summed E-state index contributed by atoms with van der Waals surface area (Å²) in [5.74, 6) is -1.98. The van der Waals surface area contributed by atoms with E-state index < -0.39 is 11.6 Å². The van der Waals surface area contributed by atoms with Crippen molar-refractivity contribution in [1.29, 1.82) is 0 Å². The molecule has 0 fully saturated rings. The number of nitrogens with zero attached hydrogens (tertiary/aromatic N) is 2. The first-order valence-electron chi connectivity index (χ1n) is 7.88. The summed E-state index contributed by atoms with van der Waals surface area (Å²) in [5.41, 5.74) is 3.33. The van der Waals surface area contributed by atoms with Crippen LogP contribution in [0.1, 0.15) is 37.7 Å². The average molecular weight is 401 g/mol. The highest BCUT2D eigenvalue weighted by molar-refractivity contribution is 9.10. The van der Waals surface area contributed by atoms with Gasteiger partial charge in [-0.3, -0.25) is 4.68 Å². The molecule has 0 unspecified atom stereocenters. The molecule has 0 radical (unpaired) electrons. The third-order valence-electron chi connectivity index (χ3n) is 3.84. The minimum absolute atomic E-state index is 0.0890. The highest BCUT2D eigenvalue weighted by Crippen LogP contribution is 2.30. The summed E-state index contributed by atoms with van der Waals surface area (Å²) in [5, 5.41) is 4.59. The van der Waals surface area contributed by atoms with Gasteiger partial charge >= 0.3 is 0 Å². The number of halogens is 3. The normalized spacial score (nSPS) is 11.8. The Morgan fingerprint density at radius 3 is 2.54 bits per heavy atom. The molecule has 1 heterocycles. The second kappa shape index (κ2) is 7.21. The summed E-state index contributed by atoms with van der Waals surface area (Å²) in [4.78, 5) is 0. The summed E-state index contributed by atoms with van der Waals surface area (Å²) in [6, 6.07) is 2.51. The largest absolute Gasteiger partial charge is 0.489 e. The minimum atomic E-state index is -0.970. The van der Waals surface area contributed by atoms with E-state index >= 15 is 0 Å². The number of aromatic nitrogens is 2. The van der Waals surface area contributed by atoms with Gasteiger partial charge in [-0.1, -0.05) is 20.8 Å². The van der Waals surface area contributed by atoms with Gasteiger partial charge in [0.2, 0.25) is 5.82 Å². The van der Waals surface area contributed by atoms with Gasteiger partial charge in [-0.2, -0.15) is 9.49 Å². The molecule has 2 aromatic rings. The zero-order valence-electron chi connectivity index (χ0n) is 14.7. The van der Waals surface area contributed by atoms with E-state index in [2.05, 4.69) is 41.8 Å². The van der Waals surface area contributed by atoms with Gasteiger partial charge in [0, 0.05) is 19.2 Å². The number of rotatable bonds is 5. The lowest BCUT2D eigenvalue weighted by atomic mass is 9.88. The van der Waals surface area contributed by atoms with E-state index in [-0.39, 0.29) is 17.8 Å². The van der Waals surface area contributed by atoms with Crippen molar-refractivity contribution < 1.29 is 13.5 Å². The Bertz CT molecular complexity index is 736. The van der Waals surface area contributed by atoms with Gasteiger partial charge in [-0.05, 0) is 52.4 Å². The van der Waals surface area contributed by atoms with Gasteiger partial charge in [0.1, 0.15) is 0 Å². The van der Waals surface area contributed by atoms with Crippen LogP contribution in [0.4, 0.5) is 8.78 Å². The van der Waals surface area contributed by atoms with Crippen LogP contribution >= 0.6 is 15.9 Å². The lowest BCUT2D eigenvalue weighted by molar-refractivity contribution is 0.296. The third kappa shape index (κ3) is 4.35. The Kier molecular flexibility index (Phi) is 5.68. The van der Waals surface area contributed by atoms with Crippen LogP contribution in [0.3, 0.4) is 0 Å². The third-order valence-corrected chi connectivity index (χ3v) is 4.46. The minimum Gasteiger partial charge on any atom is -0.489 e. The van der Waals surface area contributed by atoms with E-state index in [9.17, 15) is 8.78 Å². The summed E-state index contributed by atoms with van der Waals surface area (Å²) in [6.45, 7) is 8.75. The van der Waals surface area contributed by atoms with Crippen LogP contribution in [0, 0.1) is 24.0 Å². The molecule has 0 spiro atoms. The molecule has 0 aliphatic heterocycles. The van der Waals surface area contributed by atoms with Crippen molar-refractivity contribution in [1.82, 2.24) is 9.78 Å². The van der Waals surface area contributed by atoms with Crippen molar-refractivity contribution >= 4 is 15.9 Å². The van der Waals surface area contributed by atoms with Crippen LogP contribution < -0.4 is 4.74 Å². The molecular weight excluding hydrogens is 378 g/mol. The Labute approximate surface area is 150 Å². The molecule has 1 aromatic carbocycles. The number of hydrogen-bond donors (Lipinski definition) is 0. The van der Waals surface area contributed by atoms with E-state index in [1.807, 2.05) is 18.7 Å². The molecule has 6 heteroatoms. The first-order valence-corrected chi connectivity index (χ1v) is 8.67. The van der Waals surface area contributed by atoms with Crippen LogP contribution in [0.25, 0.3) is 0 Å². The molecular formula is C18H23BrF2N2O. The van der Waals surface area contributed by atoms with Crippen molar-refractivity contribution in [2.45, 2.75) is 40.5 Å². The quantitative estimate of drug-likeness (QED) is 0.661. The smallest absolute Gasteiger partial charge is 0.201 e. The molecule has 0 atom stereocenters. The topological polar surface area (TPSA) is 27.1 Å². The zero-order chi connectivity index (χ0) is 18.1. The molecule has 0 saturated carbocycles. The van der Waals surface area contributed by atoms with Crippen LogP contribution in [0.2, 0.25) is 0 Å². The summed E-state index contributed by atoms with van der Waals surface area (Å²) < 4.78 is 34.9. The lowest BCUT2D eigenvalue weighted by Gasteiger charge is -2.17. The maximum absolute atomic E-state index is 13.8. The maximum Gasteiger partial charge on any atom is 0.201 e. The zero-order valence-corrected chi connectivity index (χ0v) is 16.3. The van der Waals surface area contributed by atoms with E-state index in [0.717, 1.165) is 29.4 Å². The molecule has 0 N–H and O–H groups in total. The highest BCUT2D eigenvalue weighted by atomic mass is 79.9. The lowest BCUT2D eigenvalue weighted by Crippen LogP contribution is -2.12. The van der Waals surface area contributed by atoms with Gasteiger partial charge in [-0.15, -0.1) is 0 Å². The fourth-order valence-corrected chi connectivity index (χ4v) is 3.01. The van der Waals surface area contributed by atoms with Gasteiger partial charge in [0.05, 0.1) is 16.8 Å². The molecule has 0 bridgehead atoms. The standard InChI is InChI=1S/C18H23BrF2N2O/c1-11-12(15(22-23(11)5)10-18(2,3)4)8-9-24-17-13(19)6-7-14(20)16(17)21/h6-7H,8-10H2,1-5H3. The van der Waals surface area contributed by atoms with Crippen molar-refractivity contribution in [3.63, 3.8) is 0 Å². The fourth-order valence-electron chi connectivity index (χ4n) is 2.59. The molecule has 0 saturated heterocycles. The second-order valence-corrected chi connectivity index (χ2v) is 8.00. The SMILES string of the molecule is Cc1c(CCOc2c(Br)ccc(F)c2F)c(CC(C)(C)C)nn1C. The number of aryl methyl sites for hydroxylation is 1. The summed E-state index contributed by atoms with van der Waals surface area (Å²) in [7, 11) is 1.91. The molecule has 24 heavy (non-hydrogen) atoms. The van der Waals surface area contributed by atoms with Crippen molar-refractivity contribution in [2.24, 2.45) is 12.5 Å². The van der Waals surface area contributed by atoms with E-state index in [4.69, 9.17) is 4.74 Å². The van der Waals surface area contributed by atoms with E-state index in [0.29, 0.717) is 10.9 Å². The first-order chi connectivity index (χ1) is 11.1. The van der Waals surface area contributed by atoms with Gasteiger partial charge < -0.3 is 4.74 Å². The maximum atomic E-state index is 13.8. The van der Waals surface area contributed by atoms with Crippen molar-refractivity contribution in [3.05, 3.63) is 45.2 Å². The number of benzene rings is 1. The Hall–Kier alpha value is -1.43. The average Bonchev–Trinajstić information content (AvgIpc) is 2.72. The fraction of sp³-hybridized carbons (Fsp3) is 0.500. The molecule has 0 aliphatic rings. The van der Waals surface area contributed by atoms with Crippen LogP contribution in [-0.4, -0.2) is 16.4 Å². The van der Waals surface area contributed by atoms with E-state index in [1.165, 1.54) is 6.07 Å². The Morgan fingerprint density at radius 2 is 1.92 bits per heavy atom. The summed E-state index contributed by atoms with van der Waals surface area (Å²) >= 11 is 3.19. The summed E-state index contributed by atoms with van der Waals surface area (Å²) in [6.07, 6.45) is 1.44. The predicted octanol–water partition coefficient (Wildman–Crippen LogP) is 4.98. The van der Waals surface area contributed by atoms with Gasteiger partial charge in [-0.25, -0.2) is 4.39 Å².